The first-order valence-electron chi connectivity index (χ1n) is 8.30. The lowest BCUT2D eigenvalue weighted by atomic mass is 10.2. The predicted octanol–water partition coefficient (Wildman–Crippen LogP) is 3.52. The average Bonchev–Trinajstić information content (AvgIpc) is 2.95. The van der Waals surface area contributed by atoms with E-state index in [1.165, 1.54) is 0 Å². The third-order valence-electron chi connectivity index (χ3n) is 4.04. The van der Waals surface area contributed by atoms with Gasteiger partial charge in [-0.2, -0.15) is 5.10 Å². The summed E-state index contributed by atoms with van der Waals surface area (Å²) in [5.41, 5.74) is 4.93. The van der Waals surface area contributed by atoms with Crippen LogP contribution in [0.3, 0.4) is 0 Å². The highest BCUT2D eigenvalue weighted by Gasteiger charge is 2.15. The van der Waals surface area contributed by atoms with Gasteiger partial charge in [0.05, 0.1) is 29.3 Å². The first-order chi connectivity index (χ1) is 12.6. The van der Waals surface area contributed by atoms with Crippen molar-refractivity contribution in [2.75, 3.05) is 17.2 Å². The molecule has 0 aliphatic heterocycles. The van der Waals surface area contributed by atoms with Gasteiger partial charge in [0.15, 0.2) is 0 Å². The fourth-order valence-electron chi connectivity index (χ4n) is 2.73. The Morgan fingerprint density at radius 1 is 1.15 bits per heavy atom. The van der Waals surface area contributed by atoms with Crippen molar-refractivity contribution in [3.63, 3.8) is 0 Å². The van der Waals surface area contributed by atoms with Crippen molar-refractivity contribution in [2.45, 2.75) is 13.8 Å². The van der Waals surface area contributed by atoms with Crippen molar-refractivity contribution in [3.05, 3.63) is 71.5 Å². The van der Waals surface area contributed by atoms with Gasteiger partial charge in [-0.25, -0.2) is 4.68 Å². The van der Waals surface area contributed by atoms with Crippen molar-refractivity contribution >= 4 is 17.3 Å². The summed E-state index contributed by atoms with van der Waals surface area (Å²) in [6.07, 6.45) is 5.39. The number of aromatic nitrogens is 2. The second kappa shape index (κ2) is 7.58. The quantitative estimate of drug-likeness (QED) is 0.696. The number of aryl methyl sites for hydroxylation is 1. The molecule has 0 atom stereocenters. The SMILES string of the molecule is C#Cc1cccc(NCC(=O)Nc2c(C)nn(-c3ccccc3)c2C)c1. The molecule has 5 nitrogen and oxygen atoms in total. The summed E-state index contributed by atoms with van der Waals surface area (Å²) in [5, 5.41) is 10.6. The molecule has 0 saturated carbocycles. The van der Waals surface area contributed by atoms with Gasteiger partial charge < -0.3 is 10.6 Å². The molecule has 0 spiro atoms. The highest BCUT2D eigenvalue weighted by Crippen LogP contribution is 2.22. The molecular weight excluding hydrogens is 324 g/mol. The monoisotopic (exact) mass is 344 g/mol. The first-order valence-corrected chi connectivity index (χ1v) is 8.30. The molecular formula is C21H20N4O. The molecule has 0 radical (unpaired) electrons. The zero-order valence-electron chi connectivity index (χ0n) is 14.8. The largest absolute Gasteiger partial charge is 0.376 e. The minimum atomic E-state index is -0.144. The van der Waals surface area contributed by atoms with Gasteiger partial charge >= 0.3 is 0 Å². The number of rotatable bonds is 5. The smallest absolute Gasteiger partial charge is 0.243 e. The molecule has 3 rings (SSSR count). The fourth-order valence-corrected chi connectivity index (χ4v) is 2.73. The second-order valence-electron chi connectivity index (χ2n) is 5.92. The van der Waals surface area contributed by atoms with Gasteiger partial charge in [-0.15, -0.1) is 6.42 Å². The van der Waals surface area contributed by atoms with Crippen LogP contribution in [-0.2, 0) is 4.79 Å². The van der Waals surface area contributed by atoms with Crippen molar-refractivity contribution < 1.29 is 4.79 Å². The van der Waals surface area contributed by atoms with Crippen LogP contribution < -0.4 is 10.6 Å². The van der Waals surface area contributed by atoms with E-state index in [1.807, 2.05) is 73.1 Å². The van der Waals surface area contributed by atoms with E-state index >= 15 is 0 Å². The van der Waals surface area contributed by atoms with Crippen LogP contribution >= 0.6 is 0 Å². The molecule has 0 aliphatic carbocycles. The van der Waals surface area contributed by atoms with Crippen LogP contribution in [0.2, 0.25) is 0 Å². The third kappa shape index (κ3) is 3.76. The molecule has 3 aromatic rings. The molecule has 0 aliphatic rings. The molecule has 0 fully saturated rings. The Morgan fingerprint density at radius 2 is 1.92 bits per heavy atom. The van der Waals surface area contributed by atoms with Gasteiger partial charge in [0.25, 0.3) is 0 Å². The first kappa shape index (κ1) is 17.3. The Kier molecular flexibility index (Phi) is 5.04. The Bertz CT molecular complexity index is 967. The molecule has 26 heavy (non-hydrogen) atoms. The highest BCUT2D eigenvalue weighted by atomic mass is 16.1. The Hall–Kier alpha value is -3.52. The van der Waals surface area contributed by atoms with E-state index in [1.54, 1.807) is 0 Å². The predicted molar refractivity (Wildman–Crippen MR) is 105 cm³/mol. The van der Waals surface area contributed by atoms with E-state index in [4.69, 9.17) is 6.42 Å². The van der Waals surface area contributed by atoms with E-state index in [2.05, 4.69) is 21.7 Å². The molecule has 0 unspecified atom stereocenters. The maximum atomic E-state index is 12.3. The number of anilines is 2. The van der Waals surface area contributed by atoms with Crippen molar-refractivity contribution in [1.82, 2.24) is 9.78 Å². The lowest BCUT2D eigenvalue weighted by molar-refractivity contribution is -0.114. The number of amides is 1. The van der Waals surface area contributed by atoms with E-state index < -0.39 is 0 Å². The molecule has 2 aromatic carbocycles. The summed E-state index contributed by atoms with van der Waals surface area (Å²) in [5.74, 6) is 2.43. The number of nitrogens with one attached hydrogen (secondary N) is 2. The molecule has 0 bridgehead atoms. The van der Waals surface area contributed by atoms with Crippen LogP contribution in [0.25, 0.3) is 5.69 Å². The standard InChI is InChI=1S/C21H20N4O/c1-4-17-9-8-10-18(13-17)22-14-20(26)23-21-15(2)24-25(16(21)3)19-11-6-5-7-12-19/h1,5-13,22H,14H2,2-3H3,(H,23,26). The average molecular weight is 344 g/mol. The third-order valence-corrected chi connectivity index (χ3v) is 4.04. The maximum absolute atomic E-state index is 12.3. The summed E-state index contributed by atoms with van der Waals surface area (Å²) >= 11 is 0. The van der Waals surface area contributed by atoms with Crippen LogP contribution in [0.15, 0.2) is 54.6 Å². The number of hydrogen-bond acceptors (Lipinski definition) is 3. The minimum Gasteiger partial charge on any atom is -0.376 e. The number of terminal acetylenes is 1. The van der Waals surface area contributed by atoms with Crippen molar-refractivity contribution in [3.8, 4) is 18.0 Å². The molecule has 1 amide bonds. The Morgan fingerprint density at radius 3 is 2.65 bits per heavy atom. The number of hydrogen-bond donors (Lipinski definition) is 2. The Labute approximate surface area is 153 Å². The molecule has 2 N–H and O–H groups in total. The fraction of sp³-hybridized carbons (Fsp3) is 0.143. The number of nitrogens with zero attached hydrogens (tertiary/aromatic N) is 2. The van der Waals surface area contributed by atoms with Gasteiger partial charge in [-0.05, 0) is 44.2 Å². The van der Waals surface area contributed by atoms with E-state index in [0.29, 0.717) is 0 Å². The van der Waals surface area contributed by atoms with E-state index in [0.717, 1.165) is 34.0 Å². The summed E-state index contributed by atoms with van der Waals surface area (Å²) < 4.78 is 1.83. The Balaban J connectivity index is 1.70. The summed E-state index contributed by atoms with van der Waals surface area (Å²) in [7, 11) is 0. The lowest BCUT2D eigenvalue weighted by Gasteiger charge is -2.09. The minimum absolute atomic E-state index is 0.142. The highest BCUT2D eigenvalue weighted by molar-refractivity contribution is 5.94. The maximum Gasteiger partial charge on any atom is 0.243 e. The topological polar surface area (TPSA) is 59.0 Å². The summed E-state index contributed by atoms with van der Waals surface area (Å²) in [6.45, 7) is 3.96. The van der Waals surface area contributed by atoms with Crippen LogP contribution in [0.1, 0.15) is 17.0 Å². The van der Waals surface area contributed by atoms with Gasteiger partial charge in [0, 0.05) is 11.3 Å². The molecule has 1 aromatic heterocycles. The number of carbonyl (C=O) groups excluding carboxylic acids is 1. The van der Waals surface area contributed by atoms with Crippen molar-refractivity contribution in [1.29, 1.82) is 0 Å². The van der Waals surface area contributed by atoms with E-state index in [9.17, 15) is 4.79 Å². The molecule has 0 saturated heterocycles. The van der Waals surface area contributed by atoms with Gasteiger partial charge in [-0.3, -0.25) is 4.79 Å². The number of para-hydroxylation sites is 1. The normalized spacial score (nSPS) is 10.2. The summed E-state index contributed by atoms with van der Waals surface area (Å²) in [4.78, 5) is 12.3. The van der Waals surface area contributed by atoms with Crippen LogP contribution in [-0.4, -0.2) is 22.2 Å². The van der Waals surface area contributed by atoms with E-state index in [-0.39, 0.29) is 12.5 Å². The number of carbonyl (C=O) groups is 1. The van der Waals surface area contributed by atoms with Gasteiger partial charge in [0.2, 0.25) is 5.91 Å². The lowest BCUT2D eigenvalue weighted by Crippen LogP contribution is -2.22. The van der Waals surface area contributed by atoms with Gasteiger partial charge in [-0.1, -0.05) is 30.2 Å². The second-order valence-corrected chi connectivity index (χ2v) is 5.92. The zero-order valence-corrected chi connectivity index (χ0v) is 14.8. The number of benzene rings is 2. The van der Waals surface area contributed by atoms with Crippen LogP contribution in [0.4, 0.5) is 11.4 Å². The molecule has 5 heteroatoms. The van der Waals surface area contributed by atoms with Crippen molar-refractivity contribution in [2.24, 2.45) is 0 Å². The molecule has 1 heterocycles. The van der Waals surface area contributed by atoms with Crippen LogP contribution in [0, 0.1) is 26.2 Å². The zero-order chi connectivity index (χ0) is 18.5. The molecule has 130 valence electrons. The van der Waals surface area contributed by atoms with Crippen LogP contribution in [0.5, 0.6) is 0 Å². The van der Waals surface area contributed by atoms with Gasteiger partial charge in [0.1, 0.15) is 0 Å². The summed E-state index contributed by atoms with van der Waals surface area (Å²) in [6, 6.07) is 17.2.